The molecule has 2 rings (SSSR count). The molecular formula is C34H48N4O9. The summed E-state index contributed by atoms with van der Waals surface area (Å²) in [6, 6.07) is 12.0. The first-order valence-electron chi connectivity index (χ1n) is 15.4. The predicted molar refractivity (Wildman–Crippen MR) is 175 cm³/mol. The number of amides is 4. The summed E-state index contributed by atoms with van der Waals surface area (Å²) >= 11 is 0. The van der Waals surface area contributed by atoms with E-state index in [4.69, 9.17) is 14.2 Å². The van der Waals surface area contributed by atoms with Crippen molar-refractivity contribution < 1.29 is 43.3 Å². The molecule has 258 valence electrons. The topological polar surface area (TPSA) is 181 Å². The number of hydrogen-bond acceptors (Lipinski definition) is 9. The average Bonchev–Trinajstić information content (AvgIpc) is 2.95. The van der Waals surface area contributed by atoms with Crippen molar-refractivity contribution >= 4 is 35.7 Å². The van der Waals surface area contributed by atoms with E-state index in [9.17, 15) is 29.1 Å². The van der Waals surface area contributed by atoms with E-state index in [0.717, 1.165) is 5.56 Å². The van der Waals surface area contributed by atoms with Gasteiger partial charge in [0.2, 0.25) is 11.8 Å². The third-order valence-corrected chi connectivity index (χ3v) is 6.35. The Kier molecular flexibility index (Phi) is 14.0. The van der Waals surface area contributed by atoms with E-state index in [2.05, 4.69) is 21.3 Å². The summed E-state index contributed by atoms with van der Waals surface area (Å²) in [5, 5.41) is 20.6. The van der Waals surface area contributed by atoms with Crippen LogP contribution >= 0.6 is 0 Å². The van der Waals surface area contributed by atoms with Crippen molar-refractivity contribution in [2.45, 2.75) is 98.1 Å². The predicted octanol–water partition coefficient (Wildman–Crippen LogP) is 4.57. The molecule has 0 aromatic heterocycles. The molecule has 13 heteroatoms. The fourth-order valence-corrected chi connectivity index (χ4v) is 4.21. The number of nitrogens with one attached hydrogen (secondary N) is 4. The molecule has 0 aliphatic heterocycles. The highest BCUT2D eigenvalue weighted by molar-refractivity contribution is 5.96. The van der Waals surface area contributed by atoms with Gasteiger partial charge < -0.3 is 40.6 Å². The first kappa shape index (κ1) is 38.4. The molecule has 5 N–H and O–H groups in total. The van der Waals surface area contributed by atoms with E-state index in [1.807, 2.05) is 18.2 Å². The smallest absolute Gasteiger partial charge is 0.408 e. The number of benzene rings is 2. The van der Waals surface area contributed by atoms with Gasteiger partial charge in [-0.3, -0.25) is 14.4 Å². The normalized spacial score (nSPS) is 13.3. The average molecular weight is 657 g/mol. The highest BCUT2D eigenvalue weighted by Gasteiger charge is 2.27. The van der Waals surface area contributed by atoms with Crippen molar-refractivity contribution in [3.05, 3.63) is 59.7 Å². The Morgan fingerprint density at radius 2 is 1.45 bits per heavy atom. The molecular weight excluding hydrogens is 608 g/mol. The first-order chi connectivity index (χ1) is 21.8. The molecule has 0 radical (unpaired) electrons. The zero-order valence-corrected chi connectivity index (χ0v) is 28.4. The lowest BCUT2D eigenvalue weighted by molar-refractivity contribution is -0.159. The molecule has 0 bridgehead atoms. The molecule has 0 saturated heterocycles. The molecule has 47 heavy (non-hydrogen) atoms. The van der Waals surface area contributed by atoms with Gasteiger partial charge in [-0.1, -0.05) is 43.3 Å². The fourth-order valence-electron chi connectivity index (χ4n) is 4.21. The number of esters is 1. The third-order valence-electron chi connectivity index (χ3n) is 6.35. The molecule has 0 aliphatic carbocycles. The van der Waals surface area contributed by atoms with Crippen LogP contribution in [-0.4, -0.2) is 64.9 Å². The van der Waals surface area contributed by atoms with E-state index in [-0.39, 0.29) is 30.9 Å². The van der Waals surface area contributed by atoms with Gasteiger partial charge in [-0.05, 0) is 84.6 Å². The van der Waals surface area contributed by atoms with Crippen molar-refractivity contribution in [1.29, 1.82) is 0 Å². The number of anilines is 1. The van der Waals surface area contributed by atoms with E-state index in [1.54, 1.807) is 66.7 Å². The second kappa shape index (κ2) is 17.2. The van der Waals surface area contributed by atoms with Crippen LogP contribution in [0.4, 0.5) is 15.3 Å². The summed E-state index contributed by atoms with van der Waals surface area (Å²) in [4.78, 5) is 62.4. The van der Waals surface area contributed by atoms with E-state index >= 15 is 0 Å². The van der Waals surface area contributed by atoms with Gasteiger partial charge in [0, 0.05) is 6.04 Å². The standard InChI is InChI=1S/C34H48N4O9/c1-21(30(42)46-33(3,4)5)16-25(37-32(44)47-34(6,7)8)17-24-14-15-27(39)26(18-24)38-28(40)19-35-29(41)22(2)36-31(43)45-20-23-12-10-9-11-13-23/h9-15,18,21-22,25,39H,16-17,19-20H2,1-8H3,(H,35,41)(H,36,43)(H,37,44)(H,38,40). The molecule has 3 atom stereocenters. The van der Waals surface area contributed by atoms with Crippen molar-refractivity contribution in [1.82, 2.24) is 16.0 Å². The Morgan fingerprint density at radius 3 is 2.06 bits per heavy atom. The summed E-state index contributed by atoms with van der Waals surface area (Å²) < 4.78 is 16.0. The van der Waals surface area contributed by atoms with Crippen LogP contribution in [0.25, 0.3) is 0 Å². The number of aromatic hydroxyl groups is 1. The molecule has 13 nitrogen and oxygen atoms in total. The molecule has 2 aromatic rings. The lowest BCUT2D eigenvalue weighted by Crippen LogP contribution is -2.46. The third kappa shape index (κ3) is 15.4. The Morgan fingerprint density at radius 1 is 0.809 bits per heavy atom. The maximum absolute atomic E-state index is 12.7. The second-order valence-corrected chi connectivity index (χ2v) is 13.3. The van der Waals surface area contributed by atoms with Crippen molar-refractivity contribution in [3.8, 4) is 5.75 Å². The monoisotopic (exact) mass is 656 g/mol. The van der Waals surface area contributed by atoms with Gasteiger partial charge in [0.15, 0.2) is 0 Å². The van der Waals surface area contributed by atoms with Crippen LogP contribution in [0.2, 0.25) is 0 Å². The minimum atomic E-state index is -0.986. The van der Waals surface area contributed by atoms with Crippen LogP contribution in [0, 0.1) is 5.92 Å². The molecule has 0 aliphatic rings. The van der Waals surface area contributed by atoms with Gasteiger partial charge in [0.05, 0.1) is 18.2 Å². The lowest BCUT2D eigenvalue weighted by Gasteiger charge is -2.27. The van der Waals surface area contributed by atoms with E-state index in [0.29, 0.717) is 5.56 Å². The number of carbonyl (C=O) groups excluding carboxylic acids is 5. The molecule has 2 aromatic carbocycles. The van der Waals surface area contributed by atoms with Crippen molar-refractivity contribution in [2.24, 2.45) is 5.92 Å². The molecule has 3 unspecified atom stereocenters. The largest absolute Gasteiger partial charge is 0.506 e. The molecule has 0 saturated carbocycles. The van der Waals surface area contributed by atoms with Crippen LogP contribution < -0.4 is 21.3 Å². The van der Waals surface area contributed by atoms with Crippen LogP contribution in [0.3, 0.4) is 0 Å². The molecule has 0 heterocycles. The van der Waals surface area contributed by atoms with E-state index in [1.165, 1.54) is 19.1 Å². The fraction of sp³-hybridized carbons (Fsp3) is 0.500. The zero-order chi connectivity index (χ0) is 35.4. The van der Waals surface area contributed by atoms with E-state index < -0.39 is 65.7 Å². The summed E-state index contributed by atoms with van der Waals surface area (Å²) in [5.41, 5.74) is 0.0800. The minimum Gasteiger partial charge on any atom is -0.506 e. The Bertz CT molecular complexity index is 1380. The SMILES string of the molecule is CC(CC(Cc1ccc(O)c(NC(=O)CNC(=O)C(C)NC(=O)OCc2ccccc2)c1)NC(=O)OC(C)(C)C)C(=O)OC(C)(C)C. The van der Waals surface area contributed by atoms with Crippen LogP contribution in [0.5, 0.6) is 5.75 Å². The summed E-state index contributed by atoms with van der Waals surface area (Å²) in [7, 11) is 0. The van der Waals surface area contributed by atoms with Gasteiger partial charge in [-0.2, -0.15) is 0 Å². The second-order valence-electron chi connectivity index (χ2n) is 13.3. The van der Waals surface area contributed by atoms with Crippen molar-refractivity contribution in [3.63, 3.8) is 0 Å². The van der Waals surface area contributed by atoms with Crippen LogP contribution in [0.1, 0.15) is 72.9 Å². The summed E-state index contributed by atoms with van der Waals surface area (Å²) in [6.45, 7) is 13.3. The number of ether oxygens (including phenoxy) is 3. The van der Waals surface area contributed by atoms with Gasteiger partial charge in [0.1, 0.15) is 29.6 Å². The van der Waals surface area contributed by atoms with Crippen LogP contribution in [0.15, 0.2) is 48.5 Å². The van der Waals surface area contributed by atoms with Crippen LogP contribution in [-0.2, 0) is 41.6 Å². The minimum absolute atomic E-state index is 0.0343. The Balaban J connectivity index is 2.00. The quantitative estimate of drug-likeness (QED) is 0.117. The number of phenolic OH excluding ortho intramolecular Hbond substituents is 1. The molecule has 4 amide bonds. The number of carbonyl (C=O) groups is 5. The maximum Gasteiger partial charge on any atom is 0.408 e. The van der Waals surface area contributed by atoms with Gasteiger partial charge in [-0.15, -0.1) is 0 Å². The number of rotatable bonds is 13. The Labute approximate surface area is 276 Å². The lowest BCUT2D eigenvalue weighted by atomic mass is 9.95. The van der Waals surface area contributed by atoms with Gasteiger partial charge in [0.25, 0.3) is 0 Å². The molecule has 0 spiro atoms. The zero-order valence-electron chi connectivity index (χ0n) is 28.4. The highest BCUT2D eigenvalue weighted by Crippen LogP contribution is 2.26. The first-order valence-corrected chi connectivity index (χ1v) is 15.4. The van der Waals surface area contributed by atoms with Gasteiger partial charge >= 0.3 is 18.2 Å². The van der Waals surface area contributed by atoms with Crippen molar-refractivity contribution in [2.75, 3.05) is 11.9 Å². The number of hydrogen-bond donors (Lipinski definition) is 5. The summed E-state index contributed by atoms with van der Waals surface area (Å²) in [6.07, 6.45) is -0.984. The maximum atomic E-state index is 12.7. The Hall–Kier alpha value is -4.81. The number of alkyl carbamates (subject to hydrolysis) is 2. The van der Waals surface area contributed by atoms with Gasteiger partial charge in [-0.25, -0.2) is 9.59 Å². The number of phenols is 1. The molecule has 0 fully saturated rings. The highest BCUT2D eigenvalue weighted by atomic mass is 16.6. The summed E-state index contributed by atoms with van der Waals surface area (Å²) in [5.74, 6) is -2.44.